The highest BCUT2D eigenvalue weighted by molar-refractivity contribution is 6.32. The number of rotatable bonds is 2. The van der Waals surface area contributed by atoms with Gasteiger partial charge in [-0.2, -0.15) is 0 Å². The van der Waals surface area contributed by atoms with Crippen LogP contribution in [0.15, 0.2) is 12.1 Å². The average molecular weight is 228 g/mol. The topological polar surface area (TPSA) is 52.3 Å². The monoisotopic (exact) mass is 227 g/mol. The third kappa shape index (κ3) is 2.63. The molecule has 0 aliphatic carbocycles. The Kier molecular flexibility index (Phi) is 3.58. The summed E-state index contributed by atoms with van der Waals surface area (Å²) in [7, 11) is 0. The third-order valence-corrected chi connectivity index (χ3v) is 2.42. The second-order valence-electron chi connectivity index (χ2n) is 3.59. The van der Waals surface area contributed by atoms with Gasteiger partial charge in [0, 0.05) is 5.02 Å². The van der Waals surface area contributed by atoms with Gasteiger partial charge in [-0.05, 0) is 38.5 Å². The highest BCUT2D eigenvalue weighted by Gasteiger charge is 2.15. The summed E-state index contributed by atoms with van der Waals surface area (Å²) in [6, 6.07) is 3.22. The molecular formula is C11H14ClNO2. The smallest absolute Gasteiger partial charge is 0.340 e. The van der Waals surface area contributed by atoms with E-state index in [1.54, 1.807) is 32.9 Å². The predicted molar refractivity (Wildman–Crippen MR) is 61.2 cm³/mol. The van der Waals surface area contributed by atoms with Crippen molar-refractivity contribution >= 4 is 23.3 Å². The molecule has 0 saturated heterocycles. The summed E-state index contributed by atoms with van der Waals surface area (Å²) in [5.41, 5.74) is 7.23. The molecule has 0 aliphatic rings. The van der Waals surface area contributed by atoms with Crippen molar-refractivity contribution in [2.75, 3.05) is 5.73 Å². The van der Waals surface area contributed by atoms with Gasteiger partial charge in [-0.3, -0.25) is 0 Å². The fourth-order valence-corrected chi connectivity index (χ4v) is 1.32. The van der Waals surface area contributed by atoms with Crippen molar-refractivity contribution < 1.29 is 9.53 Å². The zero-order valence-electron chi connectivity index (χ0n) is 9.00. The normalized spacial score (nSPS) is 10.5. The van der Waals surface area contributed by atoms with Gasteiger partial charge in [-0.25, -0.2) is 4.79 Å². The lowest BCUT2D eigenvalue weighted by Crippen LogP contribution is -2.14. The minimum Gasteiger partial charge on any atom is -0.459 e. The van der Waals surface area contributed by atoms with Crippen LogP contribution in [0.25, 0.3) is 0 Å². The number of anilines is 1. The van der Waals surface area contributed by atoms with Crippen molar-refractivity contribution in [1.82, 2.24) is 0 Å². The van der Waals surface area contributed by atoms with Crippen molar-refractivity contribution in [2.45, 2.75) is 26.9 Å². The maximum Gasteiger partial charge on any atom is 0.340 e. The first-order chi connectivity index (χ1) is 6.93. The molecule has 1 aromatic rings. The minimum absolute atomic E-state index is 0.159. The Bertz CT molecular complexity index is 388. The second-order valence-corrected chi connectivity index (χ2v) is 3.99. The van der Waals surface area contributed by atoms with Gasteiger partial charge in [-0.1, -0.05) is 11.6 Å². The minimum atomic E-state index is -0.415. The molecule has 0 radical (unpaired) electrons. The molecule has 15 heavy (non-hydrogen) atoms. The summed E-state index contributed by atoms with van der Waals surface area (Å²) >= 11 is 5.86. The molecule has 2 N–H and O–H groups in total. The molecular weight excluding hydrogens is 214 g/mol. The zero-order chi connectivity index (χ0) is 11.6. The van der Waals surface area contributed by atoms with Crippen LogP contribution in [-0.4, -0.2) is 12.1 Å². The van der Waals surface area contributed by atoms with Crippen LogP contribution in [0.5, 0.6) is 0 Å². The molecule has 1 aromatic carbocycles. The van der Waals surface area contributed by atoms with Crippen LogP contribution >= 0.6 is 11.6 Å². The Hall–Kier alpha value is -1.22. The summed E-state index contributed by atoms with van der Waals surface area (Å²) in [5.74, 6) is -0.415. The number of hydrogen-bond donors (Lipinski definition) is 1. The van der Waals surface area contributed by atoms with Crippen molar-refractivity contribution in [3.05, 3.63) is 28.3 Å². The summed E-state index contributed by atoms with van der Waals surface area (Å²) in [4.78, 5) is 11.6. The maximum absolute atomic E-state index is 11.6. The van der Waals surface area contributed by atoms with Gasteiger partial charge in [0.05, 0.1) is 17.4 Å². The highest BCUT2D eigenvalue weighted by Crippen LogP contribution is 2.25. The Morgan fingerprint density at radius 1 is 1.47 bits per heavy atom. The average Bonchev–Trinajstić information content (AvgIpc) is 2.13. The summed E-state index contributed by atoms with van der Waals surface area (Å²) in [6.07, 6.45) is -0.159. The largest absolute Gasteiger partial charge is 0.459 e. The van der Waals surface area contributed by atoms with Crippen LogP contribution in [0.2, 0.25) is 5.02 Å². The quantitative estimate of drug-likeness (QED) is 0.624. The van der Waals surface area contributed by atoms with Gasteiger partial charge in [0.2, 0.25) is 0 Å². The number of nitrogen functional groups attached to an aromatic ring is 1. The number of halogens is 1. The number of hydrogen-bond acceptors (Lipinski definition) is 3. The predicted octanol–water partition coefficient (Wildman–Crippen LogP) is 2.80. The SMILES string of the molecule is Cc1c(Cl)ccc(C(=O)OC(C)C)c1N. The van der Waals surface area contributed by atoms with Gasteiger partial charge in [0.1, 0.15) is 0 Å². The van der Waals surface area contributed by atoms with Crippen molar-refractivity contribution in [3.63, 3.8) is 0 Å². The van der Waals surface area contributed by atoms with E-state index in [0.29, 0.717) is 21.8 Å². The van der Waals surface area contributed by atoms with Crippen LogP contribution in [0, 0.1) is 6.92 Å². The zero-order valence-corrected chi connectivity index (χ0v) is 9.76. The van der Waals surface area contributed by atoms with E-state index in [1.165, 1.54) is 0 Å². The molecule has 3 nitrogen and oxygen atoms in total. The number of nitrogens with two attached hydrogens (primary N) is 1. The summed E-state index contributed by atoms with van der Waals surface area (Å²) in [5, 5.41) is 0.550. The summed E-state index contributed by atoms with van der Waals surface area (Å²) in [6.45, 7) is 5.34. The molecule has 0 saturated carbocycles. The first kappa shape index (κ1) is 11.9. The molecule has 4 heteroatoms. The van der Waals surface area contributed by atoms with Crippen LogP contribution in [0.1, 0.15) is 29.8 Å². The fourth-order valence-electron chi connectivity index (χ4n) is 1.16. The molecule has 1 rings (SSSR count). The van der Waals surface area contributed by atoms with Gasteiger partial charge >= 0.3 is 5.97 Å². The van der Waals surface area contributed by atoms with E-state index < -0.39 is 5.97 Å². The van der Waals surface area contributed by atoms with E-state index in [0.717, 1.165) is 0 Å². The number of carbonyl (C=O) groups is 1. The highest BCUT2D eigenvalue weighted by atomic mass is 35.5. The van der Waals surface area contributed by atoms with Crippen molar-refractivity contribution in [1.29, 1.82) is 0 Å². The summed E-state index contributed by atoms with van der Waals surface area (Å²) < 4.78 is 5.05. The van der Waals surface area contributed by atoms with Crippen molar-refractivity contribution in [3.8, 4) is 0 Å². The lowest BCUT2D eigenvalue weighted by Gasteiger charge is -2.11. The Morgan fingerprint density at radius 2 is 2.07 bits per heavy atom. The molecule has 0 bridgehead atoms. The van der Waals surface area contributed by atoms with Gasteiger partial charge in [0.15, 0.2) is 0 Å². The lowest BCUT2D eigenvalue weighted by atomic mass is 10.1. The molecule has 0 amide bonds. The number of ether oxygens (including phenoxy) is 1. The van der Waals surface area contributed by atoms with E-state index in [9.17, 15) is 4.79 Å². The molecule has 0 aliphatic heterocycles. The Balaban J connectivity index is 3.06. The van der Waals surface area contributed by atoms with Crippen LogP contribution in [0.3, 0.4) is 0 Å². The first-order valence-corrected chi connectivity index (χ1v) is 5.06. The lowest BCUT2D eigenvalue weighted by molar-refractivity contribution is 0.0379. The van der Waals surface area contributed by atoms with Crippen LogP contribution < -0.4 is 5.73 Å². The van der Waals surface area contributed by atoms with E-state index in [-0.39, 0.29) is 6.10 Å². The van der Waals surface area contributed by atoms with E-state index in [4.69, 9.17) is 22.1 Å². The van der Waals surface area contributed by atoms with Crippen LogP contribution in [-0.2, 0) is 4.74 Å². The fraction of sp³-hybridized carbons (Fsp3) is 0.364. The number of carbonyl (C=O) groups excluding carboxylic acids is 1. The molecule has 0 spiro atoms. The standard InChI is InChI=1S/C11H14ClNO2/c1-6(2)15-11(14)8-4-5-9(12)7(3)10(8)13/h4-6H,13H2,1-3H3. The van der Waals surface area contributed by atoms with E-state index in [2.05, 4.69) is 0 Å². The first-order valence-electron chi connectivity index (χ1n) is 4.69. The molecule has 0 aromatic heterocycles. The molecule has 0 heterocycles. The van der Waals surface area contributed by atoms with Gasteiger partial charge in [-0.15, -0.1) is 0 Å². The van der Waals surface area contributed by atoms with Gasteiger partial charge in [0.25, 0.3) is 0 Å². The number of benzene rings is 1. The molecule has 0 atom stereocenters. The third-order valence-electron chi connectivity index (χ3n) is 2.01. The van der Waals surface area contributed by atoms with Gasteiger partial charge < -0.3 is 10.5 Å². The number of esters is 1. The maximum atomic E-state index is 11.6. The Morgan fingerprint density at radius 3 is 2.60 bits per heavy atom. The molecule has 82 valence electrons. The molecule has 0 fully saturated rings. The Labute approximate surface area is 94.2 Å². The van der Waals surface area contributed by atoms with Crippen molar-refractivity contribution in [2.24, 2.45) is 0 Å². The van der Waals surface area contributed by atoms with Crippen LogP contribution in [0.4, 0.5) is 5.69 Å². The second kappa shape index (κ2) is 4.53. The van der Waals surface area contributed by atoms with E-state index >= 15 is 0 Å². The molecule has 0 unspecified atom stereocenters. The van der Waals surface area contributed by atoms with E-state index in [1.807, 2.05) is 0 Å².